The number of carbonyl (C=O) groups excluding carboxylic acids is 2. The molecule has 0 aromatic heterocycles. The highest BCUT2D eigenvalue weighted by Gasteiger charge is 2.28. The Balaban J connectivity index is 1.80. The van der Waals surface area contributed by atoms with E-state index in [0.29, 0.717) is 12.8 Å². The van der Waals surface area contributed by atoms with Crippen molar-refractivity contribution in [1.29, 1.82) is 0 Å². The third-order valence-electron chi connectivity index (χ3n) is 6.88. The average molecular weight is 506 g/mol. The molecule has 0 bridgehead atoms. The summed E-state index contributed by atoms with van der Waals surface area (Å²) in [4.78, 5) is 24.5. The highest BCUT2D eigenvalue weighted by atomic mass is 16.7. The molecule has 1 amide bonds. The van der Waals surface area contributed by atoms with Crippen LogP contribution in [0.4, 0.5) is 0 Å². The average Bonchev–Trinajstić information content (AvgIpc) is 3.24. The topological polar surface area (TPSA) is 105 Å². The zero-order valence-corrected chi connectivity index (χ0v) is 22.2. The Kier molecular flexibility index (Phi) is 14.2. The van der Waals surface area contributed by atoms with Crippen molar-refractivity contribution in [2.24, 2.45) is 11.8 Å². The highest BCUT2D eigenvalue weighted by molar-refractivity contribution is 5.95. The number of ketones is 1. The molecule has 7 heteroatoms. The number of ether oxygens (including phenoxy) is 2. The Bertz CT molecular complexity index is 736. The van der Waals surface area contributed by atoms with Gasteiger partial charge in [-0.15, -0.1) is 0 Å². The van der Waals surface area contributed by atoms with Crippen molar-refractivity contribution >= 4 is 11.7 Å². The van der Waals surface area contributed by atoms with Gasteiger partial charge in [-0.05, 0) is 63.9 Å². The van der Waals surface area contributed by atoms with Crippen LogP contribution in [0.15, 0.2) is 36.5 Å². The Hall–Kier alpha value is -1.80. The fraction of sp³-hybridized carbons (Fsp3) is 0.724. The van der Waals surface area contributed by atoms with Crippen molar-refractivity contribution in [3.8, 4) is 0 Å². The molecule has 1 unspecified atom stereocenters. The molecular weight excluding hydrogens is 458 g/mol. The molecule has 204 valence electrons. The minimum atomic E-state index is -0.986. The minimum absolute atomic E-state index is 0.0334. The van der Waals surface area contributed by atoms with E-state index in [4.69, 9.17) is 9.47 Å². The van der Waals surface area contributed by atoms with E-state index in [9.17, 15) is 19.8 Å². The number of rotatable bonds is 17. The number of amides is 1. The first-order valence-electron chi connectivity index (χ1n) is 13.8. The molecule has 0 aromatic rings. The molecule has 1 aliphatic carbocycles. The van der Waals surface area contributed by atoms with Gasteiger partial charge in [0.2, 0.25) is 5.91 Å². The summed E-state index contributed by atoms with van der Waals surface area (Å²) >= 11 is 0. The molecule has 0 spiro atoms. The number of hydrogen-bond acceptors (Lipinski definition) is 6. The van der Waals surface area contributed by atoms with Crippen LogP contribution in [0.1, 0.15) is 84.5 Å². The zero-order chi connectivity index (χ0) is 26.2. The maximum Gasteiger partial charge on any atom is 0.220 e. The fourth-order valence-electron chi connectivity index (χ4n) is 4.47. The van der Waals surface area contributed by atoms with E-state index in [2.05, 4.69) is 30.5 Å². The van der Waals surface area contributed by atoms with Crippen molar-refractivity contribution in [3.63, 3.8) is 0 Å². The van der Waals surface area contributed by atoms with Gasteiger partial charge in [-0.25, -0.2) is 0 Å². The summed E-state index contributed by atoms with van der Waals surface area (Å²) in [5.74, 6) is -0.0822. The number of nitrogens with one attached hydrogen (secondary N) is 1. The summed E-state index contributed by atoms with van der Waals surface area (Å²) in [7, 11) is 0. The predicted octanol–water partition coefficient (Wildman–Crippen LogP) is 4.38. The van der Waals surface area contributed by atoms with Crippen LogP contribution in [0.3, 0.4) is 0 Å². The molecule has 1 fully saturated rings. The molecule has 0 saturated carbocycles. The number of aliphatic hydroxyl groups excluding tert-OH is 2. The second kappa shape index (κ2) is 16.8. The van der Waals surface area contributed by atoms with Crippen molar-refractivity contribution in [3.05, 3.63) is 36.5 Å². The summed E-state index contributed by atoms with van der Waals surface area (Å²) in [6, 6.07) is 0. The Morgan fingerprint density at radius 1 is 1.25 bits per heavy atom. The summed E-state index contributed by atoms with van der Waals surface area (Å²) in [6.07, 6.45) is 21.8. The SMILES string of the molecule is CCCCC[C@H](/C=C/[C@H]1C(=O)C=C[C@@H]1C/C=C\CCCC(=O)NC(C)(CO)CO)OC1CCCCO1. The summed E-state index contributed by atoms with van der Waals surface area (Å²) in [6.45, 7) is 3.94. The number of carbonyl (C=O) groups is 2. The Morgan fingerprint density at radius 2 is 2.06 bits per heavy atom. The third-order valence-corrected chi connectivity index (χ3v) is 6.88. The van der Waals surface area contributed by atoms with Crippen LogP contribution in [0, 0.1) is 11.8 Å². The lowest BCUT2D eigenvalue weighted by Crippen LogP contribution is -2.51. The molecule has 7 nitrogen and oxygen atoms in total. The first kappa shape index (κ1) is 30.4. The predicted molar refractivity (Wildman–Crippen MR) is 141 cm³/mol. The molecule has 0 radical (unpaired) electrons. The van der Waals surface area contributed by atoms with E-state index < -0.39 is 5.54 Å². The van der Waals surface area contributed by atoms with E-state index in [0.717, 1.165) is 58.0 Å². The lowest BCUT2D eigenvalue weighted by atomic mass is 9.90. The molecule has 4 atom stereocenters. The first-order chi connectivity index (χ1) is 17.4. The van der Waals surface area contributed by atoms with Gasteiger partial charge in [-0.1, -0.05) is 56.6 Å². The normalized spacial score (nSPS) is 23.7. The molecule has 0 aromatic carbocycles. The van der Waals surface area contributed by atoms with Gasteiger partial charge < -0.3 is 25.0 Å². The quantitative estimate of drug-likeness (QED) is 0.200. The van der Waals surface area contributed by atoms with Crippen molar-refractivity contribution < 1.29 is 29.3 Å². The molecule has 1 heterocycles. The van der Waals surface area contributed by atoms with E-state index >= 15 is 0 Å². The fourth-order valence-corrected chi connectivity index (χ4v) is 4.47. The number of unbranched alkanes of at least 4 members (excludes halogenated alkanes) is 3. The number of allylic oxidation sites excluding steroid dienone is 5. The van der Waals surface area contributed by atoms with Crippen molar-refractivity contribution in [1.82, 2.24) is 5.32 Å². The lowest BCUT2D eigenvalue weighted by molar-refractivity contribution is -0.179. The molecule has 1 saturated heterocycles. The van der Waals surface area contributed by atoms with Crippen molar-refractivity contribution in [2.45, 2.75) is 102 Å². The summed E-state index contributed by atoms with van der Waals surface area (Å²) in [5, 5.41) is 21.2. The van der Waals surface area contributed by atoms with Crippen LogP contribution < -0.4 is 5.32 Å². The van der Waals surface area contributed by atoms with Gasteiger partial charge >= 0.3 is 0 Å². The van der Waals surface area contributed by atoms with Crippen LogP contribution in [-0.2, 0) is 19.1 Å². The van der Waals surface area contributed by atoms with E-state index in [1.165, 1.54) is 6.42 Å². The molecule has 3 N–H and O–H groups in total. The highest BCUT2D eigenvalue weighted by Crippen LogP contribution is 2.28. The molecule has 2 rings (SSSR count). The maximum atomic E-state index is 12.5. The van der Waals surface area contributed by atoms with Crippen LogP contribution in [0.2, 0.25) is 0 Å². The number of aliphatic hydroxyl groups is 2. The first-order valence-corrected chi connectivity index (χ1v) is 13.8. The van der Waals surface area contributed by atoms with E-state index in [-0.39, 0.29) is 49.1 Å². The molecule has 36 heavy (non-hydrogen) atoms. The van der Waals surface area contributed by atoms with Gasteiger partial charge in [0.05, 0.1) is 24.9 Å². The largest absolute Gasteiger partial charge is 0.394 e. The summed E-state index contributed by atoms with van der Waals surface area (Å²) in [5.41, 5.74) is -0.986. The Labute approximate surface area is 217 Å². The van der Waals surface area contributed by atoms with Crippen LogP contribution in [0.5, 0.6) is 0 Å². The van der Waals surface area contributed by atoms with Crippen LogP contribution in [0.25, 0.3) is 0 Å². The van der Waals surface area contributed by atoms with Gasteiger partial charge in [0, 0.05) is 18.9 Å². The zero-order valence-electron chi connectivity index (χ0n) is 22.2. The minimum Gasteiger partial charge on any atom is -0.394 e. The standard InChI is InChI=1S/C29H47NO6/c1-3-4-7-13-24(36-28-15-10-11-20-35-28)17-18-25-23(16-19-26(25)33)12-8-5-6-9-14-27(34)30-29(2,21-31)22-32/h5,8,16-19,23-25,28,31-32H,3-4,6-7,9-15,20-22H2,1-2H3,(H,30,34)/b8-5-,18-17+/t23-,24+,25+,28?/m0/s1. The van der Waals surface area contributed by atoms with Gasteiger partial charge in [0.1, 0.15) is 0 Å². The van der Waals surface area contributed by atoms with Gasteiger partial charge in [0.15, 0.2) is 12.1 Å². The second-order valence-corrected chi connectivity index (χ2v) is 10.3. The van der Waals surface area contributed by atoms with Gasteiger partial charge in [-0.2, -0.15) is 0 Å². The monoisotopic (exact) mass is 505 g/mol. The Morgan fingerprint density at radius 3 is 2.75 bits per heavy atom. The molecular formula is C29H47NO6. The molecule has 1 aliphatic heterocycles. The lowest BCUT2D eigenvalue weighted by Gasteiger charge is -2.27. The van der Waals surface area contributed by atoms with E-state index in [1.807, 2.05) is 12.2 Å². The second-order valence-electron chi connectivity index (χ2n) is 10.3. The van der Waals surface area contributed by atoms with Gasteiger partial charge in [-0.3, -0.25) is 9.59 Å². The van der Waals surface area contributed by atoms with Crippen LogP contribution in [-0.4, -0.2) is 59.7 Å². The third kappa shape index (κ3) is 11.1. The molecule has 2 aliphatic rings. The van der Waals surface area contributed by atoms with Crippen LogP contribution >= 0.6 is 0 Å². The maximum absolute atomic E-state index is 12.5. The number of hydrogen-bond donors (Lipinski definition) is 3. The van der Waals surface area contributed by atoms with Gasteiger partial charge in [0.25, 0.3) is 0 Å². The van der Waals surface area contributed by atoms with Crippen molar-refractivity contribution in [2.75, 3.05) is 19.8 Å². The summed E-state index contributed by atoms with van der Waals surface area (Å²) < 4.78 is 12.0. The van der Waals surface area contributed by atoms with E-state index in [1.54, 1.807) is 13.0 Å². The smallest absolute Gasteiger partial charge is 0.220 e.